The Bertz CT molecular complexity index is 1030. The molecule has 1 atom stereocenters. The number of carbonyl (C=O) groups excluding carboxylic acids is 2. The average Bonchev–Trinajstić information content (AvgIpc) is 3.43. The molecule has 170 valence electrons. The van der Waals surface area contributed by atoms with Crippen LogP contribution in [0, 0.1) is 23.2 Å². The normalized spacial score (nSPS) is 33.0. The molecule has 1 unspecified atom stereocenters. The molecule has 7 heteroatoms. The Balaban J connectivity index is 1.32. The molecule has 2 aromatic rings. The molecule has 5 fully saturated rings. The van der Waals surface area contributed by atoms with Gasteiger partial charge in [0, 0.05) is 26.1 Å². The fourth-order valence-corrected chi connectivity index (χ4v) is 7.57. The highest BCUT2D eigenvalue weighted by Gasteiger charge is 2.50. The topological polar surface area (TPSA) is 84.7 Å². The van der Waals surface area contributed by atoms with Crippen LogP contribution in [0.15, 0.2) is 18.2 Å². The summed E-state index contributed by atoms with van der Waals surface area (Å²) in [4.78, 5) is 30.7. The van der Waals surface area contributed by atoms with Gasteiger partial charge in [-0.3, -0.25) is 14.0 Å². The molecule has 3 heterocycles. The van der Waals surface area contributed by atoms with Crippen molar-refractivity contribution in [3.05, 3.63) is 35.3 Å². The van der Waals surface area contributed by atoms with E-state index >= 15 is 0 Å². The van der Waals surface area contributed by atoms with E-state index in [-0.39, 0.29) is 23.1 Å². The second kappa shape index (κ2) is 7.58. The fourth-order valence-electron chi connectivity index (χ4n) is 7.57. The molecule has 0 spiro atoms. The van der Waals surface area contributed by atoms with Crippen molar-refractivity contribution in [1.29, 1.82) is 0 Å². The number of nitrogens with zero attached hydrogens (tertiary/aromatic N) is 2. The van der Waals surface area contributed by atoms with E-state index in [1.165, 1.54) is 38.5 Å². The van der Waals surface area contributed by atoms with E-state index < -0.39 is 0 Å². The van der Waals surface area contributed by atoms with Crippen LogP contribution in [0.2, 0.25) is 0 Å². The Morgan fingerprint density at radius 2 is 1.84 bits per heavy atom. The summed E-state index contributed by atoms with van der Waals surface area (Å²) >= 11 is 0. The minimum Gasteiger partial charge on any atom is -0.381 e. The average molecular weight is 437 g/mol. The number of hydrogen-bond donors (Lipinski definition) is 2. The van der Waals surface area contributed by atoms with Crippen LogP contribution >= 0.6 is 0 Å². The molecule has 0 aromatic carbocycles. The van der Waals surface area contributed by atoms with Gasteiger partial charge in [-0.15, -0.1) is 0 Å². The van der Waals surface area contributed by atoms with Gasteiger partial charge >= 0.3 is 0 Å². The molecule has 2 N–H and O–H groups in total. The van der Waals surface area contributed by atoms with Crippen molar-refractivity contribution in [2.75, 3.05) is 26.8 Å². The number of carbonyl (C=O) groups is 2. The first-order valence-electron chi connectivity index (χ1n) is 12.1. The zero-order valence-electron chi connectivity index (χ0n) is 18.7. The number of ether oxygens (including phenoxy) is 1. The van der Waals surface area contributed by atoms with E-state index in [1.54, 1.807) is 7.05 Å². The summed E-state index contributed by atoms with van der Waals surface area (Å²) in [6.45, 7) is 1.96. The maximum Gasteiger partial charge on any atom is 0.271 e. The number of imidazole rings is 1. The summed E-state index contributed by atoms with van der Waals surface area (Å²) in [6, 6.07) is 5.56. The lowest BCUT2D eigenvalue weighted by molar-refractivity contribution is -0.0503. The molecular weight excluding hydrogens is 404 g/mol. The largest absolute Gasteiger partial charge is 0.381 e. The van der Waals surface area contributed by atoms with E-state index in [0.717, 1.165) is 36.4 Å². The summed E-state index contributed by atoms with van der Waals surface area (Å²) in [6.07, 6.45) is 8.81. The molecule has 32 heavy (non-hydrogen) atoms. The minimum absolute atomic E-state index is 0.0504. The summed E-state index contributed by atoms with van der Waals surface area (Å²) in [5.74, 6) is 2.33. The van der Waals surface area contributed by atoms with Crippen molar-refractivity contribution in [2.45, 2.75) is 50.9 Å². The van der Waals surface area contributed by atoms with Gasteiger partial charge in [0.2, 0.25) is 0 Å². The molecule has 4 aliphatic carbocycles. The van der Waals surface area contributed by atoms with Gasteiger partial charge in [-0.2, -0.15) is 0 Å². The van der Waals surface area contributed by atoms with E-state index in [4.69, 9.17) is 4.74 Å². The third kappa shape index (κ3) is 3.24. The van der Waals surface area contributed by atoms with Crippen LogP contribution < -0.4 is 10.6 Å². The lowest BCUT2D eigenvalue weighted by atomic mass is 9.49. The molecule has 7 nitrogen and oxygen atoms in total. The van der Waals surface area contributed by atoms with Gasteiger partial charge in [0.15, 0.2) is 5.69 Å². The predicted octanol–water partition coefficient (Wildman–Crippen LogP) is 3.14. The first kappa shape index (κ1) is 20.2. The molecule has 4 saturated carbocycles. The van der Waals surface area contributed by atoms with Crippen LogP contribution in [-0.2, 0) is 4.74 Å². The number of fused-ring (bicyclic) bond motifs is 1. The predicted molar refractivity (Wildman–Crippen MR) is 120 cm³/mol. The number of aromatic nitrogens is 2. The summed E-state index contributed by atoms with van der Waals surface area (Å²) < 4.78 is 7.50. The number of pyridine rings is 1. The zero-order valence-corrected chi connectivity index (χ0v) is 18.7. The highest BCUT2D eigenvalue weighted by Crippen LogP contribution is 2.59. The second-order valence-corrected chi connectivity index (χ2v) is 10.7. The maximum absolute atomic E-state index is 13.5. The first-order valence-corrected chi connectivity index (χ1v) is 12.1. The third-order valence-electron chi connectivity index (χ3n) is 8.46. The minimum atomic E-state index is -0.226. The van der Waals surface area contributed by atoms with Crippen molar-refractivity contribution >= 4 is 17.5 Å². The molecule has 0 radical (unpaired) electrons. The maximum atomic E-state index is 13.5. The van der Waals surface area contributed by atoms with Crippen LogP contribution in [-0.4, -0.2) is 48.0 Å². The standard InChI is InChI=1S/C25H32N4O3/c1-26-24(31)21-22(18-5-6-32-13-18)29-19(3-2-4-20(29)28-21)23(30)27-14-25-10-15-7-16(11-25)9-17(8-15)12-25/h2-4,15-18H,5-14H2,1H3,(H,26,31)(H,27,30). The van der Waals surface area contributed by atoms with Crippen molar-refractivity contribution in [3.63, 3.8) is 0 Å². The Hall–Kier alpha value is -2.41. The lowest BCUT2D eigenvalue weighted by Crippen LogP contribution is -2.51. The first-order chi connectivity index (χ1) is 15.5. The van der Waals surface area contributed by atoms with Gasteiger partial charge in [-0.1, -0.05) is 6.07 Å². The zero-order chi connectivity index (χ0) is 21.9. The van der Waals surface area contributed by atoms with Crippen molar-refractivity contribution in [1.82, 2.24) is 20.0 Å². The monoisotopic (exact) mass is 436 g/mol. The van der Waals surface area contributed by atoms with Gasteiger partial charge in [0.25, 0.3) is 11.8 Å². The van der Waals surface area contributed by atoms with E-state index in [2.05, 4.69) is 15.6 Å². The molecular formula is C25H32N4O3. The van der Waals surface area contributed by atoms with E-state index in [9.17, 15) is 9.59 Å². The van der Waals surface area contributed by atoms with Crippen LogP contribution in [0.5, 0.6) is 0 Å². The van der Waals surface area contributed by atoms with Crippen molar-refractivity contribution < 1.29 is 14.3 Å². The molecule has 7 rings (SSSR count). The van der Waals surface area contributed by atoms with Gasteiger partial charge < -0.3 is 15.4 Å². The number of hydrogen-bond acceptors (Lipinski definition) is 4. The van der Waals surface area contributed by atoms with E-state index in [0.29, 0.717) is 30.2 Å². The lowest BCUT2D eigenvalue weighted by Gasteiger charge is -2.56. The summed E-state index contributed by atoms with van der Waals surface area (Å²) in [5.41, 5.74) is 2.65. The molecule has 2 aromatic heterocycles. The Morgan fingerprint density at radius 1 is 1.12 bits per heavy atom. The highest BCUT2D eigenvalue weighted by atomic mass is 16.5. The molecule has 1 saturated heterocycles. The summed E-state index contributed by atoms with van der Waals surface area (Å²) in [7, 11) is 1.61. The number of rotatable bonds is 5. The third-order valence-corrected chi connectivity index (χ3v) is 8.46. The van der Waals surface area contributed by atoms with Gasteiger partial charge in [-0.05, 0) is 80.2 Å². The number of amides is 2. The van der Waals surface area contributed by atoms with E-state index in [1.807, 2.05) is 22.6 Å². The highest BCUT2D eigenvalue weighted by molar-refractivity contribution is 5.97. The molecule has 4 bridgehead atoms. The molecule has 2 amide bonds. The van der Waals surface area contributed by atoms with Crippen LogP contribution in [0.25, 0.3) is 5.65 Å². The molecule has 5 aliphatic rings. The smallest absolute Gasteiger partial charge is 0.271 e. The second-order valence-electron chi connectivity index (χ2n) is 10.7. The summed E-state index contributed by atoms with van der Waals surface area (Å²) in [5, 5.41) is 6.00. The van der Waals surface area contributed by atoms with Gasteiger partial charge in [0.1, 0.15) is 11.3 Å². The number of nitrogens with one attached hydrogen (secondary N) is 2. The SMILES string of the molecule is CNC(=O)c1nc2cccc(C(=O)NCC34CC5CC(CC(C5)C3)C4)n2c1C1CCOC1. The van der Waals surface area contributed by atoms with Crippen LogP contribution in [0.1, 0.15) is 77.5 Å². The van der Waals surface area contributed by atoms with Gasteiger partial charge in [0.05, 0.1) is 12.3 Å². The Morgan fingerprint density at radius 3 is 2.47 bits per heavy atom. The Labute approximate surface area is 188 Å². The quantitative estimate of drug-likeness (QED) is 0.754. The molecule has 1 aliphatic heterocycles. The van der Waals surface area contributed by atoms with Crippen LogP contribution in [0.3, 0.4) is 0 Å². The van der Waals surface area contributed by atoms with Crippen molar-refractivity contribution in [3.8, 4) is 0 Å². The van der Waals surface area contributed by atoms with Gasteiger partial charge in [-0.25, -0.2) is 4.98 Å². The van der Waals surface area contributed by atoms with Crippen LogP contribution in [0.4, 0.5) is 0 Å². The van der Waals surface area contributed by atoms with Crippen molar-refractivity contribution in [2.24, 2.45) is 23.2 Å². The fraction of sp³-hybridized carbons (Fsp3) is 0.640. The Kier molecular flexibility index (Phi) is 4.79.